The van der Waals surface area contributed by atoms with E-state index in [1.807, 2.05) is 27.7 Å². The van der Waals surface area contributed by atoms with E-state index in [1.54, 1.807) is 0 Å². The molecule has 1 unspecified atom stereocenters. The number of rotatable bonds is 8. The zero-order valence-electron chi connectivity index (χ0n) is 12.1. The molecule has 0 aromatic rings. The molecule has 108 valence electrons. The van der Waals surface area contributed by atoms with E-state index in [2.05, 4.69) is 10.6 Å². The van der Waals surface area contributed by atoms with E-state index in [9.17, 15) is 9.90 Å². The van der Waals surface area contributed by atoms with Crippen LogP contribution in [-0.2, 0) is 4.74 Å². The van der Waals surface area contributed by atoms with Gasteiger partial charge in [-0.2, -0.15) is 0 Å². The highest BCUT2D eigenvalue weighted by Crippen LogP contribution is 2.06. The van der Waals surface area contributed by atoms with Crippen molar-refractivity contribution >= 4 is 6.09 Å². The van der Waals surface area contributed by atoms with Gasteiger partial charge in [0.25, 0.3) is 0 Å². The summed E-state index contributed by atoms with van der Waals surface area (Å²) >= 11 is 0. The minimum Gasteiger partial charge on any atom is -0.444 e. The number of nitrogens with one attached hydrogen (secondary N) is 2. The van der Waals surface area contributed by atoms with Crippen molar-refractivity contribution in [2.24, 2.45) is 0 Å². The van der Waals surface area contributed by atoms with Gasteiger partial charge in [0.05, 0.1) is 6.10 Å². The van der Waals surface area contributed by atoms with Gasteiger partial charge >= 0.3 is 6.09 Å². The molecule has 1 amide bonds. The molecular formula is C13H28N2O3. The Bertz CT molecular complexity index is 227. The third-order valence-electron chi connectivity index (χ3n) is 2.20. The summed E-state index contributed by atoms with van der Waals surface area (Å²) in [5, 5.41) is 15.3. The Balaban J connectivity index is 3.38. The van der Waals surface area contributed by atoms with E-state index < -0.39 is 5.60 Å². The third-order valence-corrected chi connectivity index (χ3v) is 2.20. The number of carbonyl (C=O) groups excluding carboxylic acids is 1. The highest BCUT2D eigenvalue weighted by molar-refractivity contribution is 5.67. The summed E-state index contributed by atoms with van der Waals surface area (Å²) in [4.78, 5) is 11.3. The molecule has 5 heteroatoms. The average molecular weight is 260 g/mol. The molecule has 0 aliphatic rings. The lowest BCUT2D eigenvalue weighted by molar-refractivity contribution is 0.0527. The van der Waals surface area contributed by atoms with Gasteiger partial charge in [-0.1, -0.05) is 13.3 Å². The maximum Gasteiger partial charge on any atom is 0.407 e. The van der Waals surface area contributed by atoms with Crippen molar-refractivity contribution in [3.8, 4) is 0 Å². The number of aliphatic hydroxyl groups excluding tert-OH is 1. The Hall–Kier alpha value is -0.810. The Morgan fingerprint density at radius 1 is 1.33 bits per heavy atom. The van der Waals surface area contributed by atoms with Gasteiger partial charge < -0.3 is 20.5 Å². The van der Waals surface area contributed by atoms with Crippen molar-refractivity contribution in [3.05, 3.63) is 0 Å². The first-order chi connectivity index (χ1) is 8.35. The lowest BCUT2D eigenvalue weighted by Gasteiger charge is -2.19. The highest BCUT2D eigenvalue weighted by Gasteiger charge is 2.15. The van der Waals surface area contributed by atoms with Crippen LogP contribution in [0.25, 0.3) is 0 Å². The van der Waals surface area contributed by atoms with E-state index in [1.165, 1.54) is 0 Å². The predicted molar refractivity (Wildman–Crippen MR) is 72.6 cm³/mol. The topological polar surface area (TPSA) is 70.6 Å². The summed E-state index contributed by atoms with van der Waals surface area (Å²) in [6.45, 7) is 9.52. The Morgan fingerprint density at radius 3 is 2.56 bits per heavy atom. The average Bonchev–Trinajstić information content (AvgIpc) is 2.21. The summed E-state index contributed by atoms with van der Waals surface area (Å²) in [6, 6.07) is 0. The SMILES string of the molecule is CCCC(O)CNCCCNC(=O)OC(C)(C)C. The molecule has 0 saturated carbocycles. The summed E-state index contributed by atoms with van der Waals surface area (Å²) in [5.74, 6) is 0. The van der Waals surface area contributed by atoms with Crippen LogP contribution >= 0.6 is 0 Å². The van der Waals surface area contributed by atoms with Crippen LogP contribution in [0.1, 0.15) is 47.0 Å². The Labute approximate surface area is 110 Å². The Morgan fingerprint density at radius 2 is 2.00 bits per heavy atom. The predicted octanol–water partition coefficient (Wildman–Crippen LogP) is 1.65. The molecule has 0 saturated heterocycles. The van der Waals surface area contributed by atoms with Crippen molar-refractivity contribution in [1.82, 2.24) is 10.6 Å². The van der Waals surface area contributed by atoms with Gasteiger partial charge in [-0.25, -0.2) is 4.79 Å². The van der Waals surface area contributed by atoms with E-state index in [0.717, 1.165) is 25.8 Å². The first-order valence-electron chi connectivity index (χ1n) is 6.70. The molecule has 0 radical (unpaired) electrons. The van der Waals surface area contributed by atoms with E-state index in [4.69, 9.17) is 4.74 Å². The number of aliphatic hydroxyl groups is 1. The number of alkyl carbamates (subject to hydrolysis) is 1. The quantitative estimate of drug-likeness (QED) is 0.580. The van der Waals surface area contributed by atoms with Crippen molar-refractivity contribution in [2.45, 2.75) is 58.7 Å². The van der Waals surface area contributed by atoms with Crippen molar-refractivity contribution < 1.29 is 14.6 Å². The fraction of sp³-hybridized carbons (Fsp3) is 0.923. The number of amides is 1. The largest absolute Gasteiger partial charge is 0.444 e. The molecule has 0 aliphatic heterocycles. The van der Waals surface area contributed by atoms with Gasteiger partial charge in [-0.05, 0) is 40.2 Å². The molecule has 0 aromatic heterocycles. The second-order valence-corrected chi connectivity index (χ2v) is 5.43. The molecule has 0 spiro atoms. The van der Waals surface area contributed by atoms with E-state index >= 15 is 0 Å². The lowest BCUT2D eigenvalue weighted by atomic mass is 10.2. The van der Waals surface area contributed by atoms with Crippen LogP contribution in [0.5, 0.6) is 0 Å². The van der Waals surface area contributed by atoms with E-state index in [-0.39, 0.29) is 12.2 Å². The molecule has 0 heterocycles. The highest BCUT2D eigenvalue weighted by atomic mass is 16.6. The summed E-state index contributed by atoms with van der Waals surface area (Å²) < 4.78 is 5.10. The van der Waals surface area contributed by atoms with Crippen LogP contribution < -0.4 is 10.6 Å². The first-order valence-corrected chi connectivity index (χ1v) is 6.70. The van der Waals surface area contributed by atoms with Gasteiger partial charge in [0.2, 0.25) is 0 Å². The smallest absolute Gasteiger partial charge is 0.407 e. The van der Waals surface area contributed by atoms with Gasteiger partial charge in [0, 0.05) is 13.1 Å². The first kappa shape index (κ1) is 17.2. The maximum atomic E-state index is 11.3. The Kier molecular flexibility index (Phi) is 8.75. The number of hydrogen-bond acceptors (Lipinski definition) is 4. The molecule has 0 fully saturated rings. The van der Waals surface area contributed by atoms with Crippen LogP contribution in [0.3, 0.4) is 0 Å². The summed E-state index contributed by atoms with van der Waals surface area (Å²) in [6.07, 6.45) is 1.98. The molecule has 1 atom stereocenters. The van der Waals surface area contributed by atoms with E-state index in [0.29, 0.717) is 13.1 Å². The van der Waals surface area contributed by atoms with Crippen LogP contribution in [0.4, 0.5) is 4.79 Å². The third kappa shape index (κ3) is 11.7. The molecule has 0 aliphatic carbocycles. The fourth-order valence-electron chi connectivity index (χ4n) is 1.42. The fourth-order valence-corrected chi connectivity index (χ4v) is 1.42. The lowest BCUT2D eigenvalue weighted by Crippen LogP contribution is -2.34. The maximum absolute atomic E-state index is 11.3. The monoisotopic (exact) mass is 260 g/mol. The van der Waals surface area contributed by atoms with Crippen LogP contribution in [-0.4, -0.2) is 42.5 Å². The summed E-state index contributed by atoms with van der Waals surface area (Å²) in [7, 11) is 0. The standard InChI is InChI=1S/C13H28N2O3/c1-5-7-11(16)10-14-8-6-9-15-12(17)18-13(2,3)4/h11,14,16H,5-10H2,1-4H3,(H,15,17). The molecule has 5 nitrogen and oxygen atoms in total. The van der Waals surface area contributed by atoms with Crippen LogP contribution in [0.15, 0.2) is 0 Å². The van der Waals surface area contributed by atoms with Gasteiger partial charge in [0.1, 0.15) is 5.60 Å². The molecular weight excluding hydrogens is 232 g/mol. The van der Waals surface area contributed by atoms with Gasteiger partial charge in [-0.3, -0.25) is 0 Å². The molecule has 0 aromatic carbocycles. The minimum absolute atomic E-state index is 0.270. The van der Waals surface area contributed by atoms with Crippen molar-refractivity contribution in [1.29, 1.82) is 0 Å². The molecule has 0 rings (SSSR count). The normalized spacial score (nSPS) is 13.2. The number of carbonyl (C=O) groups is 1. The van der Waals surface area contributed by atoms with Crippen LogP contribution in [0, 0.1) is 0 Å². The molecule has 0 bridgehead atoms. The van der Waals surface area contributed by atoms with Crippen molar-refractivity contribution in [2.75, 3.05) is 19.6 Å². The van der Waals surface area contributed by atoms with Crippen LogP contribution in [0.2, 0.25) is 0 Å². The number of hydrogen-bond donors (Lipinski definition) is 3. The summed E-state index contributed by atoms with van der Waals surface area (Å²) in [5.41, 5.74) is -0.452. The molecule has 3 N–H and O–H groups in total. The molecule has 18 heavy (non-hydrogen) atoms. The number of ether oxygens (including phenoxy) is 1. The van der Waals surface area contributed by atoms with Crippen molar-refractivity contribution in [3.63, 3.8) is 0 Å². The van der Waals surface area contributed by atoms with Gasteiger partial charge in [0.15, 0.2) is 0 Å². The zero-order valence-corrected chi connectivity index (χ0v) is 12.1. The van der Waals surface area contributed by atoms with Gasteiger partial charge in [-0.15, -0.1) is 0 Å². The zero-order chi connectivity index (χ0) is 14.0. The second-order valence-electron chi connectivity index (χ2n) is 5.43. The minimum atomic E-state index is -0.452. The second kappa shape index (κ2) is 9.16.